The van der Waals surface area contributed by atoms with Crippen molar-refractivity contribution in [2.45, 2.75) is 6.92 Å². The van der Waals surface area contributed by atoms with Crippen LogP contribution in [0.15, 0.2) is 24.4 Å². The van der Waals surface area contributed by atoms with E-state index < -0.39 is 5.97 Å². The Kier molecular flexibility index (Phi) is 4.02. The van der Waals surface area contributed by atoms with Gasteiger partial charge < -0.3 is 15.5 Å². The van der Waals surface area contributed by atoms with Gasteiger partial charge in [0.25, 0.3) is 0 Å². The normalized spacial score (nSPS) is 10.5. The predicted molar refractivity (Wildman–Crippen MR) is 76.6 cm³/mol. The number of benzene rings is 1. The van der Waals surface area contributed by atoms with Gasteiger partial charge in [0.2, 0.25) is 0 Å². The molecular formula is C13H12Cl2N2O2. The standard InChI is InChI=1S/C13H12Cl2N2O2/c1-2-19-13(18)12-11(16)9(6-17-12)8-4-3-7(14)5-10(8)15/h3-6,17H,2,16H2,1H3. The molecule has 0 saturated heterocycles. The van der Waals surface area contributed by atoms with E-state index in [0.717, 1.165) is 0 Å². The lowest BCUT2D eigenvalue weighted by Crippen LogP contribution is -2.07. The number of carbonyl (C=O) groups is 1. The summed E-state index contributed by atoms with van der Waals surface area (Å²) in [5, 5.41) is 1.00. The Hall–Kier alpha value is -1.65. The van der Waals surface area contributed by atoms with E-state index in [1.807, 2.05) is 0 Å². The minimum absolute atomic E-state index is 0.225. The van der Waals surface area contributed by atoms with E-state index in [1.165, 1.54) is 0 Å². The zero-order chi connectivity index (χ0) is 14.0. The van der Waals surface area contributed by atoms with Crippen molar-refractivity contribution in [3.05, 3.63) is 40.1 Å². The molecule has 0 atom stereocenters. The first kappa shape index (κ1) is 13.8. The summed E-state index contributed by atoms with van der Waals surface area (Å²) in [5.41, 5.74) is 7.83. The van der Waals surface area contributed by atoms with Gasteiger partial charge in [-0.15, -0.1) is 0 Å². The lowest BCUT2D eigenvalue weighted by atomic mass is 10.1. The molecule has 2 rings (SSSR count). The minimum Gasteiger partial charge on any atom is -0.461 e. The van der Waals surface area contributed by atoms with E-state index in [2.05, 4.69) is 4.98 Å². The second kappa shape index (κ2) is 5.55. The third kappa shape index (κ3) is 2.69. The highest BCUT2D eigenvalue weighted by Crippen LogP contribution is 2.35. The average Bonchev–Trinajstić information content (AvgIpc) is 2.72. The molecular weight excluding hydrogens is 287 g/mol. The summed E-state index contributed by atoms with van der Waals surface area (Å²) in [6.07, 6.45) is 1.62. The second-order valence-corrected chi connectivity index (χ2v) is 4.68. The summed E-state index contributed by atoms with van der Waals surface area (Å²) in [4.78, 5) is 14.5. The molecule has 100 valence electrons. The van der Waals surface area contributed by atoms with Crippen LogP contribution in [0.1, 0.15) is 17.4 Å². The van der Waals surface area contributed by atoms with Crippen molar-refractivity contribution in [2.24, 2.45) is 0 Å². The number of ether oxygens (including phenoxy) is 1. The number of halogens is 2. The quantitative estimate of drug-likeness (QED) is 0.848. The first-order valence-electron chi connectivity index (χ1n) is 5.64. The number of nitrogen functional groups attached to an aromatic ring is 1. The predicted octanol–water partition coefficient (Wildman–Crippen LogP) is 3.75. The molecule has 4 nitrogen and oxygen atoms in total. The van der Waals surface area contributed by atoms with Gasteiger partial charge in [-0.05, 0) is 19.1 Å². The van der Waals surface area contributed by atoms with Crippen molar-refractivity contribution in [3.8, 4) is 11.1 Å². The SMILES string of the molecule is CCOC(=O)c1[nH]cc(-c2ccc(Cl)cc2Cl)c1N. The number of anilines is 1. The summed E-state index contributed by atoms with van der Waals surface area (Å²) < 4.78 is 4.90. The number of esters is 1. The van der Waals surface area contributed by atoms with Crippen molar-refractivity contribution >= 4 is 34.9 Å². The largest absolute Gasteiger partial charge is 0.461 e. The maximum Gasteiger partial charge on any atom is 0.356 e. The van der Waals surface area contributed by atoms with Crippen LogP contribution in [0, 0.1) is 0 Å². The van der Waals surface area contributed by atoms with Gasteiger partial charge >= 0.3 is 5.97 Å². The van der Waals surface area contributed by atoms with Crippen LogP contribution in [0.2, 0.25) is 10.0 Å². The van der Waals surface area contributed by atoms with Crippen LogP contribution in [0.5, 0.6) is 0 Å². The van der Waals surface area contributed by atoms with E-state index in [1.54, 1.807) is 31.3 Å². The smallest absolute Gasteiger partial charge is 0.356 e. The van der Waals surface area contributed by atoms with Crippen molar-refractivity contribution in [2.75, 3.05) is 12.3 Å². The van der Waals surface area contributed by atoms with Crippen LogP contribution in [-0.4, -0.2) is 17.6 Å². The number of H-pyrrole nitrogens is 1. The van der Waals surface area contributed by atoms with Crippen LogP contribution in [0.4, 0.5) is 5.69 Å². The van der Waals surface area contributed by atoms with E-state index in [9.17, 15) is 4.79 Å². The summed E-state index contributed by atoms with van der Waals surface area (Å²) in [6.45, 7) is 2.02. The maximum atomic E-state index is 11.7. The van der Waals surface area contributed by atoms with E-state index in [0.29, 0.717) is 26.9 Å². The number of nitrogens with one attached hydrogen (secondary N) is 1. The van der Waals surface area contributed by atoms with Gasteiger partial charge in [-0.25, -0.2) is 4.79 Å². The molecule has 19 heavy (non-hydrogen) atoms. The number of aromatic amines is 1. The zero-order valence-electron chi connectivity index (χ0n) is 10.2. The summed E-state index contributed by atoms with van der Waals surface area (Å²) in [7, 11) is 0. The molecule has 0 unspecified atom stereocenters. The van der Waals surface area contributed by atoms with Crippen LogP contribution < -0.4 is 5.73 Å². The van der Waals surface area contributed by atoms with Crippen molar-refractivity contribution in [1.29, 1.82) is 0 Å². The second-order valence-electron chi connectivity index (χ2n) is 3.84. The molecule has 1 aromatic heterocycles. The fraction of sp³-hybridized carbons (Fsp3) is 0.154. The van der Waals surface area contributed by atoms with Crippen LogP contribution >= 0.6 is 23.2 Å². The Morgan fingerprint density at radius 2 is 2.11 bits per heavy atom. The van der Waals surface area contributed by atoms with Crippen LogP contribution in [0.25, 0.3) is 11.1 Å². The summed E-state index contributed by atoms with van der Waals surface area (Å²) in [5.74, 6) is -0.490. The lowest BCUT2D eigenvalue weighted by molar-refractivity contribution is 0.0521. The number of hydrogen-bond acceptors (Lipinski definition) is 3. The molecule has 6 heteroatoms. The molecule has 0 radical (unpaired) electrons. The molecule has 1 heterocycles. The van der Waals surface area contributed by atoms with Gasteiger partial charge in [-0.2, -0.15) is 0 Å². The van der Waals surface area contributed by atoms with Crippen molar-refractivity contribution < 1.29 is 9.53 Å². The number of aromatic nitrogens is 1. The number of carbonyl (C=O) groups excluding carboxylic acids is 1. The van der Waals surface area contributed by atoms with Gasteiger partial charge in [0, 0.05) is 22.3 Å². The van der Waals surface area contributed by atoms with E-state index in [4.69, 9.17) is 33.7 Å². The van der Waals surface area contributed by atoms with Crippen molar-refractivity contribution in [1.82, 2.24) is 4.98 Å². The first-order valence-corrected chi connectivity index (χ1v) is 6.39. The highest BCUT2D eigenvalue weighted by Gasteiger charge is 2.18. The molecule has 0 aliphatic heterocycles. The highest BCUT2D eigenvalue weighted by molar-refractivity contribution is 6.36. The monoisotopic (exact) mass is 298 g/mol. The lowest BCUT2D eigenvalue weighted by Gasteiger charge is -2.05. The molecule has 1 aromatic carbocycles. The topological polar surface area (TPSA) is 68.1 Å². The van der Waals surface area contributed by atoms with Crippen LogP contribution in [0.3, 0.4) is 0 Å². The Balaban J connectivity index is 2.44. The molecule has 0 aliphatic rings. The maximum absolute atomic E-state index is 11.7. The van der Waals surface area contributed by atoms with Gasteiger partial charge in [0.05, 0.1) is 17.3 Å². The minimum atomic E-state index is -0.490. The molecule has 0 amide bonds. The molecule has 0 saturated carbocycles. The molecule has 0 bridgehead atoms. The summed E-state index contributed by atoms with van der Waals surface area (Å²) >= 11 is 12.0. The summed E-state index contributed by atoms with van der Waals surface area (Å²) in [6, 6.07) is 5.08. The molecule has 0 fully saturated rings. The fourth-order valence-electron chi connectivity index (χ4n) is 1.74. The van der Waals surface area contributed by atoms with E-state index >= 15 is 0 Å². The van der Waals surface area contributed by atoms with Gasteiger partial charge in [-0.1, -0.05) is 29.3 Å². The Morgan fingerprint density at radius 3 is 2.74 bits per heavy atom. The number of rotatable bonds is 3. The van der Waals surface area contributed by atoms with Gasteiger partial charge in [-0.3, -0.25) is 0 Å². The highest BCUT2D eigenvalue weighted by atomic mass is 35.5. The average molecular weight is 299 g/mol. The third-order valence-electron chi connectivity index (χ3n) is 2.62. The first-order chi connectivity index (χ1) is 9.04. The van der Waals surface area contributed by atoms with Crippen LogP contribution in [-0.2, 0) is 4.74 Å². The fourth-order valence-corrected chi connectivity index (χ4v) is 2.25. The molecule has 0 spiro atoms. The molecule has 0 aliphatic carbocycles. The molecule has 3 N–H and O–H groups in total. The van der Waals surface area contributed by atoms with Crippen molar-refractivity contribution in [3.63, 3.8) is 0 Å². The number of nitrogens with two attached hydrogens (primary N) is 1. The van der Waals surface area contributed by atoms with E-state index in [-0.39, 0.29) is 12.3 Å². The number of hydrogen-bond donors (Lipinski definition) is 2. The zero-order valence-corrected chi connectivity index (χ0v) is 11.7. The Bertz CT molecular complexity index is 623. The van der Waals surface area contributed by atoms with Gasteiger partial charge in [0.1, 0.15) is 5.69 Å². The third-order valence-corrected chi connectivity index (χ3v) is 3.17. The Morgan fingerprint density at radius 1 is 1.37 bits per heavy atom. The Labute approximate surface area is 120 Å². The molecule has 2 aromatic rings. The van der Waals surface area contributed by atoms with Gasteiger partial charge in [0.15, 0.2) is 0 Å².